The number of hydrogen-bond donors (Lipinski definition) is 1. The summed E-state index contributed by atoms with van der Waals surface area (Å²) in [6.45, 7) is 2.93. The minimum absolute atomic E-state index is 0.0835. The molecule has 0 aliphatic carbocycles. The van der Waals surface area contributed by atoms with Crippen molar-refractivity contribution in [1.82, 2.24) is 4.98 Å². The molecule has 1 aromatic heterocycles. The van der Waals surface area contributed by atoms with Gasteiger partial charge in [-0.15, -0.1) is 0 Å². The van der Waals surface area contributed by atoms with E-state index >= 15 is 0 Å². The molecule has 2 aromatic carbocycles. The quantitative estimate of drug-likeness (QED) is 0.539. The van der Waals surface area contributed by atoms with Crippen molar-refractivity contribution in [1.29, 1.82) is 0 Å². The molecular weight excluding hydrogens is 420 g/mol. The molecule has 1 N–H and O–H groups in total. The molecule has 1 aliphatic rings. The summed E-state index contributed by atoms with van der Waals surface area (Å²) in [5.41, 5.74) is 1.88. The van der Waals surface area contributed by atoms with Crippen LogP contribution in [0.3, 0.4) is 0 Å². The maximum Gasteiger partial charge on any atom is 0.263 e. The maximum atomic E-state index is 13.5. The lowest BCUT2D eigenvalue weighted by atomic mass is 9.99. The van der Waals surface area contributed by atoms with Gasteiger partial charge in [0.2, 0.25) is 0 Å². The smallest absolute Gasteiger partial charge is 0.263 e. The molecule has 0 bridgehead atoms. The van der Waals surface area contributed by atoms with Crippen LogP contribution in [-0.4, -0.2) is 38.3 Å². The van der Waals surface area contributed by atoms with Gasteiger partial charge in [-0.1, -0.05) is 25.1 Å². The lowest BCUT2D eigenvalue weighted by Crippen LogP contribution is -2.38. The first-order valence-electron chi connectivity index (χ1n) is 11.1. The van der Waals surface area contributed by atoms with Crippen LogP contribution in [0, 0.1) is 0 Å². The Morgan fingerprint density at radius 3 is 2.70 bits per heavy atom. The van der Waals surface area contributed by atoms with Crippen LogP contribution in [0.2, 0.25) is 0 Å². The number of anilines is 1. The molecule has 172 valence electrons. The number of amides is 1. The van der Waals surface area contributed by atoms with Crippen LogP contribution in [0.4, 0.5) is 5.69 Å². The van der Waals surface area contributed by atoms with E-state index in [1.807, 2.05) is 43.3 Å². The van der Waals surface area contributed by atoms with Crippen LogP contribution < -0.4 is 24.7 Å². The molecular formula is C26H28N2O5. The fourth-order valence-electron chi connectivity index (χ4n) is 4.20. The zero-order valence-corrected chi connectivity index (χ0v) is 19.1. The molecule has 1 aliphatic heterocycles. The van der Waals surface area contributed by atoms with Crippen molar-refractivity contribution in [3.05, 3.63) is 70.0 Å². The van der Waals surface area contributed by atoms with E-state index in [4.69, 9.17) is 14.2 Å². The Bertz CT molecular complexity index is 1260. The fourth-order valence-corrected chi connectivity index (χ4v) is 4.20. The second kappa shape index (κ2) is 9.81. The number of hydrogen-bond acceptors (Lipinski definition) is 5. The molecule has 0 radical (unpaired) electrons. The molecule has 0 saturated carbocycles. The van der Waals surface area contributed by atoms with Gasteiger partial charge in [-0.25, -0.2) is 0 Å². The highest BCUT2D eigenvalue weighted by molar-refractivity contribution is 6.08. The number of nitrogens with zero attached hydrogens (tertiary/aromatic N) is 1. The molecule has 3 aromatic rings. The third-order valence-corrected chi connectivity index (χ3v) is 5.79. The number of aromatic nitrogens is 1. The van der Waals surface area contributed by atoms with Gasteiger partial charge >= 0.3 is 0 Å². The van der Waals surface area contributed by atoms with E-state index in [2.05, 4.69) is 4.98 Å². The van der Waals surface area contributed by atoms with Crippen LogP contribution in [0.15, 0.2) is 53.3 Å². The number of fused-ring (bicyclic) bond motifs is 2. The minimum atomic E-state index is -0.468. The summed E-state index contributed by atoms with van der Waals surface area (Å²) in [5, 5.41) is 0.691. The Labute approximate surface area is 192 Å². The second-order valence-electron chi connectivity index (χ2n) is 7.78. The number of H-pyrrole nitrogens is 1. The molecule has 7 nitrogen and oxygen atoms in total. The number of carbonyl (C=O) groups excluding carboxylic acids is 1. The number of rotatable bonds is 7. The Morgan fingerprint density at radius 2 is 1.94 bits per heavy atom. The minimum Gasteiger partial charge on any atom is -0.496 e. The summed E-state index contributed by atoms with van der Waals surface area (Å²) >= 11 is 0. The monoisotopic (exact) mass is 448 g/mol. The summed E-state index contributed by atoms with van der Waals surface area (Å²) in [4.78, 5) is 31.0. The summed E-state index contributed by atoms with van der Waals surface area (Å²) < 4.78 is 16.8. The number of benzene rings is 2. The second-order valence-corrected chi connectivity index (χ2v) is 7.78. The zero-order valence-electron chi connectivity index (χ0n) is 19.1. The Hall–Kier alpha value is -3.74. The number of aromatic amines is 1. The highest BCUT2D eigenvalue weighted by Gasteiger charge is 2.27. The SMILES string of the molecule is CC/C=C/COc1c(OC)ccc2cc(C(=O)N3CCCc4c(OC)cccc43)c(=O)[nH]c12. The molecule has 1 amide bonds. The van der Waals surface area contributed by atoms with Crippen molar-refractivity contribution in [2.75, 3.05) is 32.3 Å². The van der Waals surface area contributed by atoms with Gasteiger partial charge < -0.3 is 24.1 Å². The van der Waals surface area contributed by atoms with Crippen LogP contribution in [0.5, 0.6) is 17.2 Å². The van der Waals surface area contributed by atoms with Crippen molar-refractivity contribution in [2.45, 2.75) is 26.2 Å². The number of carbonyl (C=O) groups is 1. The van der Waals surface area contributed by atoms with E-state index < -0.39 is 5.56 Å². The Balaban J connectivity index is 1.74. The fraction of sp³-hybridized carbons (Fsp3) is 0.308. The molecule has 0 fully saturated rings. The molecule has 0 atom stereocenters. The third kappa shape index (κ3) is 4.31. The predicted octanol–water partition coefficient (Wildman–Crippen LogP) is 4.48. The highest BCUT2D eigenvalue weighted by Crippen LogP contribution is 2.36. The Morgan fingerprint density at radius 1 is 1.12 bits per heavy atom. The van der Waals surface area contributed by atoms with Crippen molar-refractivity contribution in [2.24, 2.45) is 0 Å². The van der Waals surface area contributed by atoms with Gasteiger partial charge in [0.05, 0.1) is 25.4 Å². The van der Waals surface area contributed by atoms with Crippen LogP contribution in [-0.2, 0) is 6.42 Å². The standard InChI is InChI=1S/C26H28N2O5/c1-4-5-6-15-33-24-22(32-3)13-12-17-16-19(25(29)27-23(17)24)26(30)28-14-8-9-18-20(28)10-7-11-21(18)31-2/h5-7,10-13,16H,4,8-9,14-15H2,1-3H3,(H,27,29)/b6-5+. The van der Waals surface area contributed by atoms with Gasteiger partial charge in [-0.3, -0.25) is 9.59 Å². The van der Waals surface area contributed by atoms with Crippen molar-refractivity contribution < 1.29 is 19.0 Å². The van der Waals surface area contributed by atoms with Crippen LogP contribution in [0.25, 0.3) is 10.9 Å². The molecule has 4 rings (SSSR count). The molecule has 0 saturated heterocycles. The number of nitrogens with one attached hydrogen (secondary N) is 1. The first-order chi connectivity index (χ1) is 16.1. The summed E-state index contributed by atoms with van der Waals surface area (Å²) in [5.74, 6) is 1.37. The first-order valence-corrected chi connectivity index (χ1v) is 11.1. The molecule has 0 unspecified atom stereocenters. The van der Waals surface area contributed by atoms with Crippen molar-refractivity contribution >= 4 is 22.5 Å². The van der Waals surface area contributed by atoms with Gasteiger partial charge in [0.1, 0.15) is 17.9 Å². The van der Waals surface area contributed by atoms with E-state index in [1.54, 1.807) is 31.3 Å². The molecule has 33 heavy (non-hydrogen) atoms. The molecule has 0 spiro atoms. The number of ether oxygens (including phenoxy) is 3. The van der Waals surface area contributed by atoms with Crippen molar-refractivity contribution in [3.63, 3.8) is 0 Å². The van der Waals surface area contributed by atoms with Crippen LogP contribution in [0.1, 0.15) is 35.7 Å². The van der Waals surface area contributed by atoms with E-state index in [-0.39, 0.29) is 11.5 Å². The van der Waals surface area contributed by atoms with Gasteiger partial charge in [-0.2, -0.15) is 0 Å². The van der Waals surface area contributed by atoms with Gasteiger partial charge in [-0.05, 0) is 49.6 Å². The number of methoxy groups -OCH3 is 2. The number of allylic oxidation sites excluding steroid dienone is 1. The summed E-state index contributed by atoms with van der Waals surface area (Å²) in [6, 6.07) is 10.8. The number of pyridine rings is 1. The van der Waals surface area contributed by atoms with Gasteiger partial charge in [0, 0.05) is 17.5 Å². The zero-order chi connectivity index (χ0) is 23.4. The van der Waals surface area contributed by atoms with E-state index in [1.165, 1.54) is 0 Å². The largest absolute Gasteiger partial charge is 0.496 e. The predicted molar refractivity (Wildman–Crippen MR) is 129 cm³/mol. The normalized spacial score (nSPS) is 13.2. The maximum absolute atomic E-state index is 13.5. The lowest BCUT2D eigenvalue weighted by Gasteiger charge is -2.30. The average molecular weight is 449 g/mol. The van der Waals surface area contributed by atoms with Crippen LogP contribution >= 0.6 is 0 Å². The van der Waals surface area contributed by atoms with E-state index in [0.29, 0.717) is 35.6 Å². The highest BCUT2D eigenvalue weighted by atomic mass is 16.5. The summed E-state index contributed by atoms with van der Waals surface area (Å²) in [6.07, 6.45) is 6.44. The van der Waals surface area contributed by atoms with E-state index in [0.717, 1.165) is 36.3 Å². The first kappa shape index (κ1) is 22.5. The third-order valence-electron chi connectivity index (χ3n) is 5.79. The van der Waals surface area contributed by atoms with Gasteiger partial charge in [0.25, 0.3) is 11.5 Å². The Kier molecular flexibility index (Phi) is 6.68. The van der Waals surface area contributed by atoms with E-state index in [9.17, 15) is 9.59 Å². The van der Waals surface area contributed by atoms with Crippen molar-refractivity contribution in [3.8, 4) is 17.2 Å². The molecule has 2 heterocycles. The summed E-state index contributed by atoms with van der Waals surface area (Å²) in [7, 11) is 3.17. The lowest BCUT2D eigenvalue weighted by molar-refractivity contribution is 0.0983. The average Bonchev–Trinajstić information content (AvgIpc) is 2.85. The molecule has 7 heteroatoms. The topological polar surface area (TPSA) is 80.9 Å². The van der Waals surface area contributed by atoms with Gasteiger partial charge in [0.15, 0.2) is 11.5 Å².